The van der Waals surface area contributed by atoms with Crippen molar-refractivity contribution in [3.8, 4) is 11.5 Å². The van der Waals surface area contributed by atoms with Gasteiger partial charge in [0.2, 0.25) is 6.79 Å². The molecule has 27 heavy (non-hydrogen) atoms. The highest BCUT2D eigenvalue weighted by Gasteiger charge is 2.36. The van der Waals surface area contributed by atoms with Crippen molar-refractivity contribution >= 4 is 24.0 Å². The number of anilines is 1. The Morgan fingerprint density at radius 1 is 1.07 bits per heavy atom. The zero-order valence-corrected chi connectivity index (χ0v) is 15.7. The van der Waals surface area contributed by atoms with Crippen LogP contribution in [0, 0.1) is 0 Å². The van der Waals surface area contributed by atoms with Crippen molar-refractivity contribution in [2.24, 2.45) is 0 Å². The molecule has 1 saturated heterocycles. The summed E-state index contributed by atoms with van der Waals surface area (Å²) in [7, 11) is 0. The maximum atomic E-state index is 12.6. The molecule has 4 rings (SSSR count). The van der Waals surface area contributed by atoms with Crippen LogP contribution in [-0.2, 0) is 10.2 Å². The third-order valence-electron chi connectivity index (χ3n) is 5.17. The topological polar surface area (TPSA) is 82.8 Å². The molecule has 0 spiro atoms. The van der Waals surface area contributed by atoms with Gasteiger partial charge in [-0.15, -0.1) is 12.4 Å². The number of carbonyl (C=O) groups excluding carboxylic acids is 1. The number of nitrogens with one attached hydrogen (secondary N) is 1. The summed E-state index contributed by atoms with van der Waals surface area (Å²) in [6.45, 7) is 2.12. The molecule has 7 heteroatoms. The number of halogens is 1. The number of carbonyl (C=O) groups is 1. The molecular weight excluding hydrogens is 368 g/mol. The van der Waals surface area contributed by atoms with Crippen LogP contribution < -0.4 is 20.5 Å². The number of nitrogen functional groups attached to an aromatic ring is 1. The average Bonchev–Trinajstić information content (AvgIpc) is 3.15. The number of ether oxygens (including phenoxy) is 3. The molecule has 0 aliphatic carbocycles. The molecular formula is C20H23ClN2O4. The zero-order chi connectivity index (χ0) is 18.0. The van der Waals surface area contributed by atoms with Crippen LogP contribution in [0.25, 0.3) is 0 Å². The molecule has 3 N–H and O–H groups in total. The zero-order valence-electron chi connectivity index (χ0n) is 14.9. The molecule has 6 nitrogen and oxygen atoms in total. The Bertz CT molecular complexity index is 821. The molecule has 0 aromatic heterocycles. The quantitative estimate of drug-likeness (QED) is 0.784. The van der Waals surface area contributed by atoms with E-state index in [1.165, 1.54) is 0 Å². The van der Waals surface area contributed by atoms with Crippen molar-refractivity contribution in [2.75, 3.05) is 32.3 Å². The van der Waals surface area contributed by atoms with Crippen LogP contribution >= 0.6 is 12.4 Å². The fourth-order valence-electron chi connectivity index (χ4n) is 3.59. The van der Waals surface area contributed by atoms with Gasteiger partial charge in [0, 0.05) is 36.4 Å². The van der Waals surface area contributed by atoms with Crippen LogP contribution in [-0.4, -0.2) is 32.5 Å². The molecule has 0 unspecified atom stereocenters. The number of fused-ring (bicyclic) bond motifs is 1. The Kier molecular flexibility index (Phi) is 5.77. The highest BCUT2D eigenvalue weighted by molar-refractivity contribution is 5.95. The standard InChI is InChI=1S/C20H22N2O4.ClH/c21-16-3-1-2-14(10-16)19(23)22-12-20(6-8-24-9-7-20)15-4-5-17-18(11-15)26-13-25-17;/h1-5,10-11H,6-9,12-13,21H2,(H,22,23);1H. The Morgan fingerprint density at radius 3 is 2.63 bits per heavy atom. The van der Waals surface area contributed by atoms with E-state index < -0.39 is 0 Å². The molecule has 0 radical (unpaired) electrons. The Hall–Kier alpha value is -2.44. The monoisotopic (exact) mass is 390 g/mol. The summed E-state index contributed by atoms with van der Waals surface area (Å²) in [5, 5.41) is 3.08. The number of amides is 1. The number of hydrogen-bond acceptors (Lipinski definition) is 5. The number of hydrogen-bond donors (Lipinski definition) is 2. The van der Waals surface area contributed by atoms with E-state index >= 15 is 0 Å². The first-order valence-electron chi connectivity index (χ1n) is 8.78. The molecule has 0 saturated carbocycles. The minimum Gasteiger partial charge on any atom is -0.454 e. The second-order valence-electron chi connectivity index (χ2n) is 6.77. The van der Waals surface area contributed by atoms with Crippen LogP contribution in [0.3, 0.4) is 0 Å². The first-order chi connectivity index (χ1) is 12.7. The van der Waals surface area contributed by atoms with Crippen LogP contribution in [0.1, 0.15) is 28.8 Å². The lowest BCUT2D eigenvalue weighted by Crippen LogP contribution is -2.44. The SMILES string of the molecule is Cl.Nc1cccc(C(=O)NCC2(c3ccc4c(c3)OCO4)CCOCC2)c1. The van der Waals surface area contributed by atoms with E-state index in [1.54, 1.807) is 24.3 Å². The molecule has 2 aromatic carbocycles. The van der Waals surface area contributed by atoms with Gasteiger partial charge in [0.25, 0.3) is 5.91 Å². The van der Waals surface area contributed by atoms with Crippen LogP contribution in [0.4, 0.5) is 5.69 Å². The maximum Gasteiger partial charge on any atom is 0.251 e. The van der Waals surface area contributed by atoms with Crippen molar-refractivity contribution in [3.05, 3.63) is 53.6 Å². The van der Waals surface area contributed by atoms with Gasteiger partial charge in [-0.2, -0.15) is 0 Å². The van der Waals surface area contributed by atoms with E-state index in [4.69, 9.17) is 19.9 Å². The number of rotatable bonds is 4. The minimum absolute atomic E-state index is 0. The molecule has 144 valence electrons. The fourth-order valence-corrected chi connectivity index (χ4v) is 3.59. The molecule has 1 amide bonds. The van der Waals surface area contributed by atoms with Gasteiger partial charge in [-0.3, -0.25) is 4.79 Å². The summed E-state index contributed by atoms with van der Waals surface area (Å²) in [6.07, 6.45) is 1.67. The number of nitrogens with two attached hydrogens (primary N) is 1. The van der Waals surface area contributed by atoms with Gasteiger partial charge in [-0.25, -0.2) is 0 Å². The van der Waals surface area contributed by atoms with E-state index in [-0.39, 0.29) is 30.5 Å². The van der Waals surface area contributed by atoms with Crippen LogP contribution in [0.15, 0.2) is 42.5 Å². The summed E-state index contributed by atoms with van der Waals surface area (Å²) in [6, 6.07) is 13.0. The van der Waals surface area contributed by atoms with Gasteiger partial charge in [-0.1, -0.05) is 12.1 Å². The first kappa shape index (κ1) is 19.3. The van der Waals surface area contributed by atoms with E-state index in [0.29, 0.717) is 31.0 Å². The Balaban J connectivity index is 0.00000210. The largest absolute Gasteiger partial charge is 0.454 e. The summed E-state index contributed by atoms with van der Waals surface area (Å²) in [4.78, 5) is 12.6. The third kappa shape index (κ3) is 3.96. The van der Waals surface area contributed by atoms with Crippen molar-refractivity contribution in [1.82, 2.24) is 5.32 Å². The summed E-state index contributed by atoms with van der Waals surface area (Å²) in [5.74, 6) is 1.40. The van der Waals surface area contributed by atoms with E-state index in [9.17, 15) is 4.79 Å². The molecule has 2 heterocycles. The first-order valence-corrected chi connectivity index (χ1v) is 8.78. The normalized spacial score (nSPS) is 17.0. The predicted molar refractivity (Wildman–Crippen MR) is 105 cm³/mol. The maximum absolute atomic E-state index is 12.6. The van der Waals surface area contributed by atoms with Crippen molar-refractivity contribution in [2.45, 2.75) is 18.3 Å². The van der Waals surface area contributed by atoms with Crippen molar-refractivity contribution in [3.63, 3.8) is 0 Å². The van der Waals surface area contributed by atoms with E-state index in [2.05, 4.69) is 11.4 Å². The smallest absolute Gasteiger partial charge is 0.251 e. The van der Waals surface area contributed by atoms with Crippen molar-refractivity contribution in [1.29, 1.82) is 0 Å². The van der Waals surface area contributed by atoms with Crippen molar-refractivity contribution < 1.29 is 19.0 Å². The lowest BCUT2D eigenvalue weighted by atomic mass is 9.74. The second-order valence-corrected chi connectivity index (χ2v) is 6.77. The predicted octanol–water partition coefficient (Wildman–Crippen LogP) is 2.90. The molecule has 1 fully saturated rings. The molecule has 2 aromatic rings. The van der Waals surface area contributed by atoms with Gasteiger partial charge in [0.1, 0.15) is 0 Å². The average molecular weight is 391 g/mol. The third-order valence-corrected chi connectivity index (χ3v) is 5.17. The van der Waals surface area contributed by atoms with E-state index in [1.807, 2.05) is 12.1 Å². The van der Waals surface area contributed by atoms with Crippen LogP contribution in [0.2, 0.25) is 0 Å². The lowest BCUT2D eigenvalue weighted by Gasteiger charge is -2.38. The molecule has 0 atom stereocenters. The van der Waals surface area contributed by atoms with Crippen LogP contribution in [0.5, 0.6) is 11.5 Å². The fraction of sp³-hybridized carbons (Fsp3) is 0.350. The molecule has 0 bridgehead atoms. The summed E-state index contributed by atoms with van der Waals surface area (Å²) < 4.78 is 16.5. The highest BCUT2D eigenvalue weighted by Crippen LogP contribution is 2.40. The van der Waals surface area contributed by atoms with E-state index in [0.717, 1.165) is 29.9 Å². The minimum atomic E-state index is -0.185. The summed E-state index contributed by atoms with van der Waals surface area (Å²) in [5.41, 5.74) is 7.88. The van der Waals surface area contributed by atoms with Gasteiger partial charge < -0.3 is 25.3 Å². The Labute approximate surface area is 164 Å². The van der Waals surface area contributed by atoms with Gasteiger partial charge >= 0.3 is 0 Å². The lowest BCUT2D eigenvalue weighted by molar-refractivity contribution is 0.0486. The van der Waals surface area contributed by atoms with Gasteiger partial charge in [0.15, 0.2) is 11.5 Å². The molecule has 2 aliphatic heterocycles. The summed E-state index contributed by atoms with van der Waals surface area (Å²) >= 11 is 0. The highest BCUT2D eigenvalue weighted by atomic mass is 35.5. The number of benzene rings is 2. The van der Waals surface area contributed by atoms with Gasteiger partial charge in [0.05, 0.1) is 0 Å². The molecule has 2 aliphatic rings. The Morgan fingerprint density at radius 2 is 1.85 bits per heavy atom. The van der Waals surface area contributed by atoms with Gasteiger partial charge in [-0.05, 0) is 48.7 Å². The second kappa shape index (κ2) is 8.06.